The Morgan fingerprint density at radius 1 is 1.33 bits per heavy atom. The molecule has 1 unspecified atom stereocenters. The van der Waals surface area contributed by atoms with E-state index in [1.165, 1.54) is 25.9 Å². The van der Waals surface area contributed by atoms with Crippen LogP contribution in [0.15, 0.2) is 12.7 Å². The Balaban J connectivity index is 2.15. The predicted molar refractivity (Wildman–Crippen MR) is 40.1 cm³/mol. The molecule has 0 aromatic rings. The lowest BCUT2D eigenvalue weighted by atomic mass is 9.99. The predicted octanol–water partition coefficient (Wildman–Crippen LogP) is 1.38. The van der Waals surface area contributed by atoms with Gasteiger partial charge in [0.05, 0.1) is 0 Å². The molecule has 0 aliphatic carbocycles. The number of piperidine rings is 1. The highest BCUT2D eigenvalue weighted by Gasteiger charge is 2.10. The van der Waals surface area contributed by atoms with Crippen molar-refractivity contribution in [3.63, 3.8) is 0 Å². The Labute approximate surface area is 57.1 Å². The molecule has 0 saturated carbocycles. The third kappa shape index (κ3) is 2.19. The first kappa shape index (κ1) is 6.81. The summed E-state index contributed by atoms with van der Waals surface area (Å²) in [6.45, 7) is 6.03. The smallest absolute Gasteiger partial charge is 0.00461 e. The van der Waals surface area contributed by atoms with Gasteiger partial charge in [0, 0.05) is 0 Å². The van der Waals surface area contributed by atoms with E-state index < -0.39 is 0 Å². The van der Waals surface area contributed by atoms with Crippen molar-refractivity contribution >= 4 is 0 Å². The van der Waals surface area contributed by atoms with Gasteiger partial charge in [-0.1, -0.05) is 6.08 Å². The molecule has 51 valence electrons. The van der Waals surface area contributed by atoms with Gasteiger partial charge in [0.15, 0.2) is 0 Å². The molecule has 1 aliphatic rings. The standard InChI is InChI=1S/C8H14N/c1-2-3-8-4-6-9-7-5-8/h2-3,8-9H,1,4-7H2/i6+1. The number of allylic oxidation sites excluding steroid dienone is 1. The van der Waals surface area contributed by atoms with E-state index in [1.54, 1.807) is 0 Å². The highest BCUT2D eigenvalue weighted by atomic mass is 15.0. The van der Waals surface area contributed by atoms with Crippen molar-refractivity contribution in [2.75, 3.05) is 13.1 Å². The third-order valence-corrected chi connectivity index (χ3v) is 1.79. The van der Waals surface area contributed by atoms with E-state index in [-0.39, 0.29) is 0 Å². The van der Waals surface area contributed by atoms with E-state index in [0.717, 1.165) is 5.92 Å². The maximum atomic E-state index is 3.68. The Morgan fingerprint density at radius 3 is 2.56 bits per heavy atom. The molecule has 0 spiro atoms. The van der Waals surface area contributed by atoms with Gasteiger partial charge in [0.2, 0.25) is 0 Å². The second-order valence-corrected chi connectivity index (χ2v) is 2.52. The van der Waals surface area contributed by atoms with Gasteiger partial charge in [-0.15, -0.1) is 6.58 Å². The molecule has 0 bridgehead atoms. The van der Waals surface area contributed by atoms with Crippen LogP contribution >= 0.6 is 0 Å². The first-order valence-corrected chi connectivity index (χ1v) is 3.60. The van der Waals surface area contributed by atoms with Gasteiger partial charge >= 0.3 is 0 Å². The summed E-state index contributed by atoms with van der Waals surface area (Å²) in [6, 6.07) is 0. The molecule has 0 aromatic heterocycles. The summed E-state index contributed by atoms with van der Waals surface area (Å²) in [4.78, 5) is 0. The van der Waals surface area contributed by atoms with Crippen LogP contribution in [0, 0.1) is 12.3 Å². The molecular formula is C8H14N. The summed E-state index contributed by atoms with van der Waals surface area (Å²) >= 11 is 0. The zero-order valence-corrected chi connectivity index (χ0v) is 5.77. The number of nitrogens with one attached hydrogen (secondary N) is 1. The van der Waals surface area contributed by atoms with Gasteiger partial charge in [0.25, 0.3) is 0 Å². The normalized spacial score (nSPS) is 27.8. The van der Waals surface area contributed by atoms with Crippen LogP contribution in [-0.4, -0.2) is 13.1 Å². The van der Waals surface area contributed by atoms with Gasteiger partial charge < -0.3 is 5.32 Å². The maximum Gasteiger partial charge on any atom is -0.00461 e. The molecule has 1 aliphatic heterocycles. The number of hydrogen-bond acceptors (Lipinski definition) is 1. The summed E-state index contributed by atoms with van der Waals surface area (Å²) in [5, 5.41) is 3.32. The fraction of sp³-hybridized carbons (Fsp3) is 0.625. The van der Waals surface area contributed by atoms with E-state index in [4.69, 9.17) is 0 Å². The minimum atomic E-state index is 0.795. The molecule has 1 N–H and O–H groups in total. The van der Waals surface area contributed by atoms with Crippen LogP contribution < -0.4 is 5.32 Å². The van der Waals surface area contributed by atoms with E-state index in [1.807, 2.05) is 6.08 Å². The number of rotatable bonds is 2. The SMILES string of the molecule is C=C[CH]C1CCN[13CH2]C1. The molecule has 1 heteroatoms. The van der Waals surface area contributed by atoms with Crippen molar-refractivity contribution in [1.29, 1.82) is 0 Å². The lowest BCUT2D eigenvalue weighted by Gasteiger charge is -2.20. The van der Waals surface area contributed by atoms with Gasteiger partial charge in [0.1, 0.15) is 0 Å². The summed E-state index contributed by atoms with van der Waals surface area (Å²) in [6.07, 6.45) is 6.69. The van der Waals surface area contributed by atoms with Crippen LogP contribution in [-0.2, 0) is 0 Å². The molecule has 1 heterocycles. The van der Waals surface area contributed by atoms with Gasteiger partial charge in [-0.3, -0.25) is 0 Å². The van der Waals surface area contributed by atoms with Crippen LogP contribution in [0.5, 0.6) is 0 Å². The van der Waals surface area contributed by atoms with Crippen LogP contribution in [0.1, 0.15) is 12.8 Å². The van der Waals surface area contributed by atoms with E-state index in [2.05, 4.69) is 18.3 Å². The summed E-state index contributed by atoms with van der Waals surface area (Å²) in [5.74, 6) is 0.795. The van der Waals surface area contributed by atoms with Crippen molar-refractivity contribution in [3.8, 4) is 0 Å². The quantitative estimate of drug-likeness (QED) is 0.550. The van der Waals surface area contributed by atoms with E-state index >= 15 is 0 Å². The lowest BCUT2D eigenvalue weighted by molar-refractivity contribution is 0.422. The monoisotopic (exact) mass is 125 g/mol. The first-order chi connectivity index (χ1) is 4.43. The van der Waals surface area contributed by atoms with E-state index in [0.29, 0.717) is 0 Å². The van der Waals surface area contributed by atoms with Crippen LogP contribution in [0.2, 0.25) is 0 Å². The first-order valence-electron chi connectivity index (χ1n) is 3.60. The minimum Gasteiger partial charge on any atom is -0.317 e. The molecule has 1 nitrogen and oxygen atoms in total. The summed E-state index contributed by atoms with van der Waals surface area (Å²) in [5.41, 5.74) is 0. The zero-order valence-electron chi connectivity index (χ0n) is 5.77. The van der Waals surface area contributed by atoms with Gasteiger partial charge in [-0.05, 0) is 38.3 Å². The topological polar surface area (TPSA) is 12.0 Å². The Morgan fingerprint density at radius 2 is 2.00 bits per heavy atom. The fourth-order valence-electron chi connectivity index (χ4n) is 1.23. The molecule has 1 radical (unpaired) electrons. The van der Waals surface area contributed by atoms with E-state index in [9.17, 15) is 0 Å². The lowest BCUT2D eigenvalue weighted by Crippen LogP contribution is -2.27. The molecule has 1 fully saturated rings. The maximum absolute atomic E-state index is 3.68. The largest absolute Gasteiger partial charge is 0.317 e. The summed E-state index contributed by atoms with van der Waals surface area (Å²) < 4.78 is 0. The zero-order chi connectivity index (χ0) is 6.53. The molecule has 1 atom stereocenters. The highest BCUT2D eigenvalue weighted by molar-refractivity contribution is 4.93. The Kier molecular flexibility index (Phi) is 2.78. The van der Waals surface area contributed by atoms with Gasteiger partial charge in [-0.25, -0.2) is 0 Å². The Bertz CT molecular complexity index is 82.6. The van der Waals surface area contributed by atoms with Gasteiger partial charge in [-0.2, -0.15) is 0 Å². The highest BCUT2D eigenvalue weighted by Crippen LogP contribution is 2.14. The van der Waals surface area contributed by atoms with Crippen molar-refractivity contribution in [2.45, 2.75) is 12.8 Å². The molecule has 0 aromatic carbocycles. The molecule has 1 saturated heterocycles. The molecule has 0 amide bonds. The third-order valence-electron chi connectivity index (χ3n) is 1.79. The number of hydrogen-bond donors (Lipinski definition) is 1. The second kappa shape index (κ2) is 3.67. The minimum absolute atomic E-state index is 0.795. The summed E-state index contributed by atoms with van der Waals surface area (Å²) in [7, 11) is 0. The van der Waals surface area contributed by atoms with Crippen LogP contribution in [0.3, 0.4) is 0 Å². The molecule has 1 rings (SSSR count). The second-order valence-electron chi connectivity index (χ2n) is 2.52. The average Bonchev–Trinajstić information content (AvgIpc) is 1.91. The Hall–Kier alpha value is -0.300. The van der Waals surface area contributed by atoms with Crippen molar-refractivity contribution in [3.05, 3.63) is 19.1 Å². The van der Waals surface area contributed by atoms with Crippen LogP contribution in [0.4, 0.5) is 0 Å². The fourth-order valence-corrected chi connectivity index (χ4v) is 1.23. The molecule has 9 heavy (non-hydrogen) atoms. The van der Waals surface area contributed by atoms with Crippen molar-refractivity contribution < 1.29 is 0 Å². The molecular weight excluding hydrogens is 111 g/mol. The van der Waals surface area contributed by atoms with Crippen LogP contribution in [0.25, 0.3) is 0 Å². The van der Waals surface area contributed by atoms with Crippen molar-refractivity contribution in [2.24, 2.45) is 5.92 Å². The average molecular weight is 125 g/mol. The van der Waals surface area contributed by atoms with Crippen molar-refractivity contribution in [1.82, 2.24) is 5.32 Å².